The molecular formula is C12H15N5S. The Hall–Kier alpha value is -1.82. The molecule has 0 aliphatic heterocycles. The third-order valence-electron chi connectivity index (χ3n) is 2.36. The molecule has 2 aromatic heterocycles. The lowest BCUT2D eigenvalue weighted by Crippen LogP contribution is -2.10. The lowest BCUT2D eigenvalue weighted by atomic mass is 10.3. The van der Waals surface area contributed by atoms with Crippen LogP contribution in [0.4, 0.5) is 5.95 Å². The van der Waals surface area contributed by atoms with Gasteiger partial charge in [0, 0.05) is 12.7 Å². The highest BCUT2D eigenvalue weighted by Crippen LogP contribution is 2.01. The van der Waals surface area contributed by atoms with Crippen LogP contribution < -0.4 is 5.32 Å². The second kappa shape index (κ2) is 6.20. The van der Waals surface area contributed by atoms with Gasteiger partial charge in [0.25, 0.3) is 0 Å². The molecule has 2 heterocycles. The number of aromatic nitrogens is 4. The van der Waals surface area contributed by atoms with E-state index in [0.29, 0.717) is 17.3 Å². The minimum Gasteiger partial charge on any atom is -0.354 e. The molecule has 2 aromatic rings. The molecule has 0 radical (unpaired) electrons. The zero-order chi connectivity index (χ0) is 12.8. The van der Waals surface area contributed by atoms with Crippen LogP contribution in [0.5, 0.6) is 0 Å². The van der Waals surface area contributed by atoms with E-state index in [4.69, 9.17) is 12.2 Å². The lowest BCUT2D eigenvalue weighted by molar-refractivity contribution is 0.708. The first-order chi connectivity index (χ1) is 8.79. The zero-order valence-electron chi connectivity index (χ0n) is 10.2. The number of rotatable bonds is 5. The third-order valence-corrected chi connectivity index (χ3v) is 2.68. The fourth-order valence-electron chi connectivity index (χ4n) is 1.45. The molecule has 0 saturated heterocycles. The Bertz CT molecular complexity index is 552. The van der Waals surface area contributed by atoms with Gasteiger partial charge in [-0.1, -0.05) is 13.0 Å². The van der Waals surface area contributed by atoms with Crippen molar-refractivity contribution in [3.8, 4) is 0 Å². The summed E-state index contributed by atoms with van der Waals surface area (Å²) in [5, 5.41) is 3.11. The van der Waals surface area contributed by atoms with E-state index in [1.165, 1.54) is 0 Å². The van der Waals surface area contributed by atoms with Crippen LogP contribution in [0.15, 0.2) is 30.7 Å². The first-order valence-electron chi connectivity index (χ1n) is 5.87. The van der Waals surface area contributed by atoms with E-state index < -0.39 is 0 Å². The second-order valence-corrected chi connectivity index (χ2v) is 4.20. The number of anilines is 1. The van der Waals surface area contributed by atoms with Crippen molar-refractivity contribution < 1.29 is 0 Å². The van der Waals surface area contributed by atoms with E-state index in [9.17, 15) is 0 Å². The molecule has 0 aromatic carbocycles. The van der Waals surface area contributed by atoms with Crippen molar-refractivity contribution in [2.75, 3.05) is 11.9 Å². The second-order valence-electron chi connectivity index (χ2n) is 3.84. The zero-order valence-corrected chi connectivity index (χ0v) is 11.0. The van der Waals surface area contributed by atoms with Crippen molar-refractivity contribution in [2.24, 2.45) is 0 Å². The standard InChI is InChI=1S/C12H15N5S/c1-2-6-14-11-15-9-17(12(18)16-11)8-10-5-3-4-7-13-10/h3-5,7,9H,2,6,8H2,1H3,(H,14,16,18). The molecule has 6 heteroatoms. The van der Waals surface area contributed by atoms with Crippen molar-refractivity contribution in [3.05, 3.63) is 41.2 Å². The van der Waals surface area contributed by atoms with E-state index in [1.54, 1.807) is 17.1 Å². The van der Waals surface area contributed by atoms with Crippen LogP contribution in [0.25, 0.3) is 0 Å². The smallest absolute Gasteiger partial charge is 0.226 e. The van der Waals surface area contributed by atoms with Gasteiger partial charge >= 0.3 is 0 Å². The van der Waals surface area contributed by atoms with Crippen molar-refractivity contribution in [1.82, 2.24) is 19.5 Å². The predicted molar refractivity (Wildman–Crippen MR) is 73.0 cm³/mol. The summed E-state index contributed by atoms with van der Waals surface area (Å²) in [6.07, 6.45) is 4.48. The summed E-state index contributed by atoms with van der Waals surface area (Å²) in [5.74, 6) is 0.583. The molecule has 5 nitrogen and oxygen atoms in total. The average Bonchev–Trinajstić information content (AvgIpc) is 2.40. The molecule has 0 saturated carbocycles. The van der Waals surface area contributed by atoms with E-state index in [0.717, 1.165) is 18.7 Å². The highest BCUT2D eigenvalue weighted by atomic mass is 32.1. The number of pyridine rings is 1. The van der Waals surface area contributed by atoms with Gasteiger partial charge in [-0.3, -0.25) is 4.98 Å². The highest BCUT2D eigenvalue weighted by molar-refractivity contribution is 7.71. The molecule has 0 amide bonds. The number of hydrogen-bond acceptors (Lipinski definition) is 5. The van der Waals surface area contributed by atoms with E-state index in [1.807, 2.05) is 18.2 Å². The maximum Gasteiger partial charge on any atom is 0.226 e. The molecule has 0 unspecified atom stereocenters. The quantitative estimate of drug-likeness (QED) is 0.837. The van der Waals surface area contributed by atoms with Crippen molar-refractivity contribution in [3.63, 3.8) is 0 Å². The Morgan fingerprint density at radius 2 is 2.22 bits per heavy atom. The largest absolute Gasteiger partial charge is 0.354 e. The third kappa shape index (κ3) is 3.33. The molecule has 0 aliphatic carbocycles. The van der Waals surface area contributed by atoms with Gasteiger partial charge < -0.3 is 9.88 Å². The summed E-state index contributed by atoms with van der Waals surface area (Å²) < 4.78 is 2.31. The fourth-order valence-corrected chi connectivity index (χ4v) is 1.65. The van der Waals surface area contributed by atoms with E-state index in [2.05, 4.69) is 27.2 Å². The van der Waals surface area contributed by atoms with Crippen LogP contribution >= 0.6 is 12.2 Å². The Morgan fingerprint density at radius 3 is 2.89 bits per heavy atom. The SMILES string of the molecule is CCCNc1ncn(Cc2ccccn2)c(=S)n1. The molecular weight excluding hydrogens is 246 g/mol. The molecule has 2 rings (SSSR count). The van der Waals surface area contributed by atoms with Gasteiger partial charge in [-0.25, -0.2) is 4.98 Å². The minimum absolute atomic E-state index is 0.509. The highest BCUT2D eigenvalue weighted by Gasteiger charge is 2.00. The summed E-state index contributed by atoms with van der Waals surface area (Å²) >= 11 is 5.23. The van der Waals surface area contributed by atoms with Crippen LogP contribution in [-0.4, -0.2) is 26.1 Å². The van der Waals surface area contributed by atoms with Gasteiger partial charge in [-0.05, 0) is 30.8 Å². The average molecular weight is 261 g/mol. The van der Waals surface area contributed by atoms with Crippen LogP contribution in [0.2, 0.25) is 0 Å². The van der Waals surface area contributed by atoms with Crippen LogP contribution in [0.3, 0.4) is 0 Å². The van der Waals surface area contributed by atoms with Gasteiger partial charge in [0.2, 0.25) is 10.7 Å². The summed E-state index contributed by atoms with van der Waals surface area (Å²) in [6.45, 7) is 3.53. The summed E-state index contributed by atoms with van der Waals surface area (Å²) in [6, 6.07) is 5.78. The maximum atomic E-state index is 5.23. The lowest BCUT2D eigenvalue weighted by Gasteiger charge is -2.07. The Labute approximate surface area is 111 Å². The van der Waals surface area contributed by atoms with Gasteiger partial charge in [0.15, 0.2) is 0 Å². The van der Waals surface area contributed by atoms with Crippen LogP contribution in [-0.2, 0) is 6.54 Å². The molecule has 0 fully saturated rings. The van der Waals surface area contributed by atoms with Crippen molar-refractivity contribution in [2.45, 2.75) is 19.9 Å². The van der Waals surface area contributed by atoms with Crippen LogP contribution in [0, 0.1) is 4.77 Å². The topological polar surface area (TPSA) is 55.6 Å². The van der Waals surface area contributed by atoms with Crippen LogP contribution in [0.1, 0.15) is 19.0 Å². The molecule has 1 N–H and O–H groups in total. The van der Waals surface area contributed by atoms with E-state index >= 15 is 0 Å². The maximum absolute atomic E-state index is 5.23. The molecule has 0 aliphatic rings. The molecule has 18 heavy (non-hydrogen) atoms. The molecule has 0 atom stereocenters. The molecule has 0 bridgehead atoms. The summed E-state index contributed by atoms with van der Waals surface area (Å²) in [5.41, 5.74) is 0.937. The van der Waals surface area contributed by atoms with Gasteiger partial charge in [-0.2, -0.15) is 4.98 Å². The molecule has 94 valence electrons. The monoisotopic (exact) mass is 261 g/mol. The molecule has 0 spiro atoms. The van der Waals surface area contributed by atoms with Gasteiger partial charge in [-0.15, -0.1) is 0 Å². The summed E-state index contributed by atoms with van der Waals surface area (Å²) in [4.78, 5) is 12.7. The first-order valence-corrected chi connectivity index (χ1v) is 6.27. The summed E-state index contributed by atoms with van der Waals surface area (Å²) in [7, 11) is 0. The number of nitrogens with zero attached hydrogens (tertiary/aromatic N) is 4. The fraction of sp³-hybridized carbons (Fsp3) is 0.333. The predicted octanol–water partition coefficient (Wildman–Crippen LogP) is 2.27. The van der Waals surface area contributed by atoms with Crippen molar-refractivity contribution >= 4 is 18.2 Å². The van der Waals surface area contributed by atoms with Gasteiger partial charge in [0.05, 0.1) is 12.2 Å². The normalized spacial score (nSPS) is 10.3. The number of nitrogens with one attached hydrogen (secondary N) is 1. The van der Waals surface area contributed by atoms with E-state index in [-0.39, 0.29) is 0 Å². The van der Waals surface area contributed by atoms with Gasteiger partial charge in [0.1, 0.15) is 6.33 Å². The Balaban J connectivity index is 2.13. The minimum atomic E-state index is 0.509. The first kappa shape index (κ1) is 12.6. The Morgan fingerprint density at radius 1 is 1.33 bits per heavy atom. The Kier molecular flexibility index (Phi) is 4.35. The number of hydrogen-bond donors (Lipinski definition) is 1. The van der Waals surface area contributed by atoms with Crippen molar-refractivity contribution in [1.29, 1.82) is 0 Å².